The van der Waals surface area contributed by atoms with Gasteiger partial charge in [-0.2, -0.15) is 13.2 Å². The van der Waals surface area contributed by atoms with Crippen LogP contribution in [0.1, 0.15) is 24.0 Å². The van der Waals surface area contributed by atoms with E-state index in [0.29, 0.717) is 11.3 Å². The number of alkyl halides is 3. The van der Waals surface area contributed by atoms with Crippen molar-refractivity contribution in [3.05, 3.63) is 71.3 Å². The van der Waals surface area contributed by atoms with Crippen LogP contribution in [0.3, 0.4) is 0 Å². The Morgan fingerprint density at radius 2 is 1.83 bits per heavy atom. The number of nitrogens with one attached hydrogen (secondary N) is 2. The number of hydrogen-bond donors (Lipinski definition) is 3. The molecular weight excluding hydrogens is 565 g/mol. The Hall–Kier alpha value is -3.75. The smallest absolute Gasteiger partial charge is 0.406 e. The zero-order valence-corrected chi connectivity index (χ0v) is 23.2. The first-order chi connectivity index (χ1) is 19.9. The average Bonchev–Trinajstić information content (AvgIpc) is 3.48. The van der Waals surface area contributed by atoms with Crippen molar-refractivity contribution in [1.82, 2.24) is 20.0 Å². The van der Waals surface area contributed by atoms with Gasteiger partial charge in [-0.05, 0) is 43.7 Å². The van der Waals surface area contributed by atoms with E-state index in [4.69, 9.17) is 9.47 Å². The maximum absolute atomic E-state index is 14.1. The van der Waals surface area contributed by atoms with E-state index in [-0.39, 0.29) is 37.0 Å². The molecule has 42 heavy (non-hydrogen) atoms. The molecule has 1 saturated heterocycles. The molecule has 1 fully saturated rings. The number of ether oxygens (including phenoxy) is 2. The Kier molecular flexibility index (Phi) is 9.69. The summed E-state index contributed by atoms with van der Waals surface area (Å²) in [5.74, 6) is -2.65. The number of halogens is 5. The summed E-state index contributed by atoms with van der Waals surface area (Å²) in [6.07, 6.45) is -5.41. The Balaban J connectivity index is 1.62. The van der Waals surface area contributed by atoms with Gasteiger partial charge in [0.2, 0.25) is 5.88 Å². The van der Waals surface area contributed by atoms with Crippen LogP contribution in [-0.2, 0) is 4.74 Å². The van der Waals surface area contributed by atoms with Crippen LogP contribution in [0.25, 0.3) is 5.69 Å². The molecule has 228 valence electrons. The molecule has 4 atom stereocenters. The number of rotatable bonds is 10. The summed E-state index contributed by atoms with van der Waals surface area (Å²) in [6.45, 7) is 2.08. The monoisotopic (exact) mass is 597 g/mol. The maximum Gasteiger partial charge on any atom is 0.406 e. The Labute approximate surface area is 239 Å². The van der Waals surface area contributed by atoms with E-state index in [2.05, 4.69) is 15.7 Å². The molecule has 3 aromatic rings. The zero-order valence-electron chi connectivity index (χ0n) is 23.2. The van der Waals surface area contributed by atoms with Crippen molar-refractivity contribution in [3.8, 4) is 11.6 Å². The molecule has 1 aromatic heterocycles. The number of aliphatic hydroxyl groups is 1. The molecule has 0 bridgehead atoms. The molecule has 0 spiro atoms. The van der Waals surface area contributed by atoms with Gasteiger partial charge in [-0.15, -0.1) is 5.10 Å². The molecule has 0 radical (unpaired) electrons. The lowest BCUT2D eigenvalue weighted by molar-refractivity contribution is -0.192. The number of nitrogens with zero attached hydrogens (tertiary/aromatic N) is 3. The number of carbonyl (C=O) groups excluding carboxylic acids is 1. The fourth-order valence-electron chi connectivity index (χ4n) is 4.91. The summed E-state index contributed by atoms with van der Waals surface area (Å²) in [5, 5.41) is 19.5. The predicted octanol–water partition coefficient (Wildman–Crippen LogP) is 4.39. The maximum atomic E-state index is 14.1. The van der Waals surface area contributed by atoms with E-state index in [0.717, 1.165) is 24.1 Å². The SMILES string of the molecule is COC[C@@H](N1C[C@@H](NC(=O)Nc2c(C)c(OC[C@H](C)O)nn2-c2ccccc2)[C@H](c2ccc(F)c(F)c2)C1)C(F)(F)F. The predicted molar refractivity (Wildman–Crippen MR) is 144 cm³/mol. The lowest BCUT2D eigenvalue weighted by Crippen LogP contribution is -2.49. The first-order valence-electron chi connectivity index (χ1n) is 13.2. The lowest BCUT2D eigenvalue weighted by atomic mass is 9.94. The summed E-state index contributed by atoms with van der Waals surface area (Å²) in [4.78, 5) is 14.4. The van der Waals surface area contributed by atoms with Crippen molar-refractivity contribution in [3.63, 3.8) is 0 Å². The highest BCUT2D eigenvalue weighted by Crippen LogP contribution is 2.35. The Bertz CT molecular complexity index is 1370. The average molecular weight is 598 g/mol. The van der Waals surface area contributed by atoms with E-state index in [1.54, 1.807) is 44.2 Å². The number of hydrogen-bond acceptors (Lipinski definition) is 6. The van der Waals surface area contributed by atoms with Gasteiger partial charge in [-0.1, -0.05) is 24.3 Å². The number of para-hydroxylation sites is 1. The highest BCUT2D eigenvalue weighted by Gasteiger charge is 2.48. The molecule has 0 aliphatic carbocycles. The topological polar surface area (TPSA) is 101 Å². The lowest BCUT2D eigenvalue weighted by Gasteiger charge is -2.29. The van der Waals surface area contributed by atoms with Crippen molar-refractivity contribution >= 4 is 11.8 Å². The molecule has 2 aromatic carbocycles. The number of aliphatic hydroxyl groups excluding tert-OH is 1. The normalized spacial score (nSPS) is 19.0. The largest absolute Gasteiger partial charge is 0.474 e. The molecule has 3 N–H and O–H groups in total. The van der Waals surface area contributed by atoms with Crippen molar-refractivity contribution in [1.29, 1.82) is 0 Å². The van der Waals surface area contributed by atoms with Crippen LogP contribution in [-0.4, -0.2) is 83.6 Å². The van der Waals surface area contributed by atoms with Crippen molar-refractivity contribution in [2.75, 3.05) is 38.7 Å². The van der Waals surface area contributed by atoms with Gasteiger partial charge in [0, 0.05) is 26.1 Å². The molecule has 4 rings (SSSR count). The van der Waals surface area contributed by atoms with Crippen LogP contribution in [0.2, 0.25) is 0 Å². The fraction of sp³-hybridized carbons (Fsp3) is 0.429. The standard InChI is InChI=1S/C28H32F5N5O4/c1-16(39)14-42-26-17(2)25(38(36-26)19-7-5-4-6-8-19)35-27(40)34-23-13-37(24(15-41-3)28(31,32)33)12-20(23)18-9-10-21(29)22(30)11-18/h4-11,16,20,23-24,39H,12-15H2,1-3H3,(H2,34,35,40)/t16-,20-,23+,24+/m0/s1. The van der Waals surface area contributed by atoms with E-state index in [1.165, 1.54) is 10.7 Å². The van der Waals surface area contributed by atoms with E-state index >= 15 is 0 Å². The van der Waals surface area contributed by atoms with Crippen LogP contribution in [0, 0.1) is 18.6 Å². The highest BCUT2D eigenvalue weighted by atomic mass is 19.4. The second-order valence-corrected chi connectivity index (χ2v) is 10.1. The third-order valence-electron chi connectivity index (χ3n) is 6.95. The van der Waals surface area contributed by atoms with Gasteiger partial charge in [-0.3, -0.25) is 10.2 Å². The summed E-state index contributed by atoms with van der Waals surface area (Å²) >= 11 is 0. The number of likely N-dealkylation sites (tertiary alicyclic amines) is 1. The second kappa shape index (κ2) is 13.0. The first kappa shape index (κ1) is 31.2. The van der Waals surface area contributed by atoms with Gasteiger partial charge >= 0.3 is 12.2 Å². The number of urea groups is 1. The summed E-state index contributed by atoms with van der Waals surface area (Å²) in [5.41, 5.74) is 1.26. The van der Waals surface area contributed by atoms with Gasteiger partial charge in [0.25, 0.3) is 0 Å². The Morgan fingerprint density at radius 1 is 1.12 bits per heavy atom. The summed E-state index contributed by atoms with van der Waals surface area (Å²) in [6, 6.07) is 8.30. The van der Waals surface area contributed by atoms with Gasteiger partial charge in [-0.25, -0.2) is 18.3 Å². The van der Waals surface area contributed by atoms with Crippen molar-refractivity contribution < 1.29 is 41.3 Å². The summed E-state index contributed by atoms with van der Waals surface area (Å²) in [7, 11) is 1.15. The first-order valence-corrected chi connectivity index (χ1v) is 13.2. The minimum absolute atomic E-state index is 0.0477. The minimum Gasteiger partial charge on any atom is -0.474 e. The number of amides is 2. The highest BCUT2D eigenvalue weighted by molar-refractivity contribution is 5.90. The van der Waals surface area contributed by atoms with Crippen LogP contribution >= 0.6 is 0 Å². The van der Waals surface area contributed by atoms with E-state index in [1.807, 2.05) is 0 Å². The number of benzene rings is 2. The van der Waals surface area contributed by atoms with Crippen LogP contribution in [0.15, 0.2) is 48.5 Å². The van der Waals surface area contributed by atoms with Crippen molar-refractivity contribution in [2.24, 2.45) is 0 Å². The summed E-state index contributed by atoms with van der Waals surface area (Å²) < 4.78 is 81.2. The number of aromatic nitrogens is 2. The van der Waals surface area contributed by atoms with Gasteiger partial charge in [0.05, 0.1) is 30.0 Å². The second-order valence-electron chi connectivity index (χ2n) is 10.1. The quantitative estimate of drug-likeness (QED) is 0.300. The number of methoxy groups -OCH3 is 1. The van der Waals surface area contributed by atoms with Gasteiger partial charge < -0.3 is 19.9 Å². The van der Waals surface area contributed by atoms with Crippen LogP contribution in [0.5, 0.6) is 5.88 Å². The molecule has 9 nitrogen and oxygen atoms in total. The minimum atomic E-state index is -4.63. The number of anilines is 1. The Morgan fingerprint density at radius 3 is 2.45 bits per heavy atom. The van der Waals surface area contributed by atoms with E-state index < -0.39 is 54.6 Å². The van der Waals surface area contributed by atoms with E-state index in [9.17, 15) is 31.9 Å². The van der Waals surface area contributed by atoms with Gasteiger partial charge in [0.15, 0.2) is 11.6 Å². The molecule has 1 aliphatic rings. The molecule has 0 saturated carbocycles. The number of carbonyl (C=O) groups is 1. The van der Waals surface area contributed by atoms with Crippen LogP contribution < -0.4 is 15.4 Å². The zero-order chi connectivity index (χ0) is 30.6. The third-order valence-corrected chi connectivity index (χ3v) is 6.95. The molecule has 1 aliphatic heterocycles. The van der Waals surface area contributed by atoms with Crippen molar-refractivity contribution in [2.45, 2.75) is 44.1 Å². The van der Waals surface area contributed by atoms with Crippen LogP contribution in [0.4, 0.5) is 32.6 Å². The molecule has 0 unspecified atom stereocenters. The molecule has 2 amide bonds. The fourth-order valence-corrected chi connectivity index (χ4v) is 4.91. The molecule has 14 heteroatoms. The molecular formula is C28H32F5N5O4. The molecule has 2 heterocycles. The third kappa shape index (κ3) is 7.17. The van der Waals surface area contributed by atoms with Gasteiger partial charge in [0.1, 0.15) is 18.5 Å².